The largest absolute Gasteiger partial charge is 0.489 e. The lowest BCUT2D eigenvalue weighted by molar-refractivity contribution is -0.137. The number of rotatable bonds is 9. The maximum absolute atomic E-state index is 11.1. The van der Waals surface area contributed by atoms with E-state index in [4.69, 9.17) is 19.7 Å². The first-order valence-electron chi connectivity index (χ1n) is 12.1. The molecule has 1 aliphatic heterocycles. The molecule has 4 rings (SSSR count). The van der Waals surface area contributed by atoms with Crippen LogP contribution in [0.15, 0.2) is 54.7 Å². The summed E-state index contributed by atoms with van der Waals surface area (Å²) in [4.78, 5) is 21.9. The van der Waals surface area contributed by atoms with Crippen molar-refractivity contribution in [3.8, 4) is 17.6 Å². The zero-order valence-electron chi connectivity index (χ0n) is 21.4. The van der Waals surface area contributed by atoms with Gasteiger partial charge in [0.1, 0.15) is 12.4 Å². The third-order valence-electron chi connectivity index (χ3n) is 6.02. The van der Waals surface area contributed by atoms with Crippen LogP contribution in [-0.2, 0) is 35.8 Å². The quantitative estimate of drug-likeness (QED) is 0.318. The number of carboxylic acid groups (broad SMARTS) is 2. The van der Waals surface area contributed by atoms with Gasteiger partial charge < -0.3 is 14.9 Å². The minimum absolute atomic E-state index is 0.00827. The lowest BCUT2D eigenvalue weighted by Crippen LogP contribution is -2.18. The molecule has 0 aliphatic carbocycles. The van der Waals surface area contributed by atoms with E-state index in [1.54, 1.807) is 6.92 Å². The SMILES string of the molecule is CC#C[C@@H](CC(=O)O)c1ccc(OCc2cccc(CN3Cc4cnn(C(C)C)c4C3)c2)cc1.O=CO. The number of nitrogens with zero attached hydrogens (tertiary/aromatic N) is 3. The van der Waals surface area contributed by atoms with Crippen LogP contribution >= 0.6 is 0 Å². The summed E-state index contributed by atoms with van der Waals surface area (Å²) < 4.78 is 8.12. The first-order chi connectivity index (χ1) is 17.8. The first-order valence-corrected chi connectivity index (χ1v) is 12.1. The van der Waals surface area contributed by atoms with Gasteiger partial charge in [-0.25, -0.2) is 0 Å². The zero-order chi connectivity index (χ0) is 26.8. The molecule has 0 saturated heterocycles. The molecule has 37 heavy (non-hydrogen) atoms. The van der Waals surface area contributed by atoms with Gasteiger partial charge in [0, 0.05) is 31.2 Å². The third kappa shape index (κ3) is 7.69. The van der Waals surface area contributed by atoms with Crippen LogP contribution in [-0.4, -0.2) is 37.3 Å². The van der Waals surface area contributed by atoms with E-state index < -0.39 is 5.97 Å². The van der Waals surface area contributed by atoms with Gasteiger partial charge in [-0.2, -0.15) is 5.10 Å². The van der Waals surface area contributed by atoms with Gasteiger partial charge in [0.25, 0.3) is 6.47 Å². The summed E-state index contributed by atoms with van der Waals surface area (Å²) in [7, 11) is 0. The molecule has 0 saturated carbocycles. The predicted molar refractivity (Wildman–Crippen MR) is 140 cm³/mol. The van der Waals surface area contributed by atoms with Crippen molar-refractivity contribution in [3.05, 3.63) is 82.7 Å². The van der Waals surface area contributed by atoms with Crippen LogP contribution in [0.3, 0.4) is 0 Å². The Balaban J connectivity index is 0.00000121. The highest BCUT2D eigenvalue weighted by atomic mass is 16.5. The maximum atomic E-state index is 11.1. The van der Waals surface area contributed by atoms with E-state index in [-0.39, 0.29) is 18.8 Å². The van der Waals surface area contributed by atoms with Crippen molar-refractivity contribution in [1.82, 2.24) is 14.7 Å². The van der Waals surface area contributed by atoms with E-state index in [2.05, 4.69) is 64.6 Å². The standard InChI is InChI=1S/C28H31N3O3.CH2O2/c1-4-6-24(14-28(32)33)23-9-11-26(12-10-23)34-19-22-8-5-7-21(13-22)16-30-17-25-15-29-31(20(2)3)27(25)18-30;2-1-3/h5,7-13,15,20,24H,14,16-19H2,1-3H3,(H,32,33);1H,(H,2,3)/t24-;/m0./s1. The number of carboxylic acids is 1. The molecule has 1 aliphatic rings. The van der Waals surface area contributed by atoms with Crippen LogP contribution < -0.4 is 4.74 Å². The van der Waals surface area contributed by atoms with Crippen molar-refractivity contribution in [2.75, 3.05) is 0 Å². The van der Waals surface area contributed by atoms with Crippen LogP contribution in [0.2, 0.25) is 0 Å². The van der Waals surface area contributed by atoms with E-state index in [0.717, 1.165) is 36.5 Å². The third-order valence-corrected chi connectivity index (χ3v) is 6.02. The Labute approximate surface area is 217 Å². The Morgan fingerprint density at radius 1 is 1.16 bits per heavy atom. The maximum Gasteiger partial charge on any atom is 0.304 e. The van der Waals surface area contributed by atoms with Gasteiger partial charge in [0.2, 0.25) is 0 Å². The number of fused-ring (bicyclic) bond motifs is 1. The molecule has 1 atom stereocenters. The molecule has 8 nitrogen and oxygen atoms in total. The van der Waals surface area contributed by atoms with E-state index >= 15 is 0 Å². The molecular weight excluding hydrogens is 470 g/mol. The van der Waals surface area contributed by atoms with E-state index in [1.807, 2.05) is 30.5 Å². The van der Waals surface area contributed by atoms with Crippen molar-refractivity contribution in [2.45, 2.75) is 65.4 Å². The number of benzene rings is 2. The smallest absolute Gasteiger partial charge is 0.304 e. The van der Waals surface area contributed by atoms with Crippen LogP contribution in [0.1, 0.15) is 67.1 Å². The van der Waals surface area contributed by atoms with Crippen molar-refractivity contribution in [2.24, 2.45) is 0 Å². The summed E-state index contributed by atoms with van der Waals surface area (Å²) in [5, 5.41) is 20.5. The molecule has 1 aromatic heterocycles. The Bertz CT molecular complexity index is 1250. The lowest BCUT2D eigenvalue weighted by Gasteiger charge is -2.17. The topological polar surface area (TPSA) is 105 Å². The van der Waals surface area contributed by atoms with Crippen molar-refractivity contribution < 1.29 is 24.5 Å². The summed E-state index contributed by atoms with van der Waals surface area (Å²) >= 11 is 0. The first kappa shape index (κ1) is 27.5. The van der Waals surface area contributed by atoms with E-state index in [1.165, 1.54) is 16.8 Å². The summed E-state index contributed by atoms with van der Waals surface area (Å²) in [5.74, 6) is 5.38. The molecule has 2 N–H and O–H groups in total. The number of aliphatic carboxylic acids is 1. The minimum Gasteiger partial charge on any atom is -0.489 e. The fourth-order valence-corrected chi connectivity index (χ4v) is 4.43. The molecule has 8 heteroatoms. The number of carbonyl (C=O) groups is 2. The second-order valence-corrected chi connectivity index (χ2v) is 9.13. The highest BCUT2D eigenvalue weighted by molar-refractivity contribution is 5.69. The summed E-state index contributed by atoms with van der Waals surface area (Å²) in [6, 6.07) is 16.4. The van der Waals surface area contributed by atoms with E-state index in [9.17, 15) is 4.79 Å². The zero-order valence-corrected chi connectivity index (χ0v) is 21.4. The van der Waals surface area contributed by atoms with Gasteiger partial charge in [0.05, 0.1) is 24.2 Å². The number of ether oxygens (including phenoxy) is 1. The molecule has 2 aromatic carbocycles. The van der Waals surface area contributed by atoms with Crippen LogP contribution in [0.4, 0.5) is 0 Å². The van der Waals surface area contributed by atoms with Gasteiger partial charge >= 0.3 is 5.97 Å². The monoisotopic (exact) mass is 503 g/mol. The van der Waals surface area contributed by atoms with Crippen LogP contribution in [0.25, 0.3) is 0 Å². The Morgan fingerprint density at radius 2 is 1.86 bits per heavy atom. The molecular formula is C29H33N3O5. The summed E-state index contributed by atoms with van der Waals surface area (Å²) in [6.07, 6.45) is 2.00. The summed E-state index contributed by atoms with van der Waals surface area (Å²) in [5.41, 5.74) is 5.92. The molecule has 3 aromatic rings. The fraction of sp³-hybridized carbons (Fsp3) is 0.345. The minimum atomic E-state index is -0.854. The van der Waals surface area contributed by atoms with Crippen LogP contribution in [0.5, 0.6) is 5.75 Å². The molecule has 0 amide bonds. The predicted octanol–water partition coefficient (Wildman–Crippen LogP) is 4.84. The van der Waals surface area contributed by atoms with Crippen molar-refractivity contribution in [1.29, 1.82) is 0 Å². The van der Waals surface area contributed by atoms with Crippen LogP contribution in [0, 0.1) is 11.8 Å². The van der Waals surface area contributed by atoms with Gasteiger partial charge in [-0.1, -0.05) is 42.3 Å². The molecule has 2 heterocycles. The average Bonchev–Trinajstić information content (AvgIpc) is 3.43. The second kappa shape index (κ2) is 13.3. The second-order valence-electron chi connectivity index (χ2n) is 9.13. The van der Waals surface area contributed by atoms with Gasteiger partial charge in [-0.3, -0.25) is 19.2 Å². The normalized spacial score (nSPS) is 13.1. The molecule has 0 radical (unpaired) electrons. The molecule has 194 valence electrons. The highest BCUT2D eigenvalue weighted by Crippen LogP contribution is 2.27. The highest BCUT2D eigenvalue weighted by Gasteiger charge is 2.24. The Morgan fingerprint density at radius 3 is 2.51 bits per heavy atom. The van der Waals surface area contributed by atoms with Gasteiger partial charge in [0.15, 0.2) is 0 Å². The Hall–Kier alpha value is -4.09. The number of aromatic nitrogens is 2. The molecule has 0 fully saturated rings. The van der Waals surface area contributed by atoms with Gasteiger partial charge in [-0.15, -0.1) is 5.92 Å². The molecule has 0 spiro atoms. The lowest BCUT2D eigenvalue weighted by atomic mass is 9.96. The van der Waals surface area contributed by atoms with Gasteiger partial charge in [-0.05, 0) is 49.6 Å². The summed E-state index contributed by atoms with van der Waals surface area (Å²) in [6.45, 7) is 9.03. The van der Waals surface area contributed by atoms with Crippen molar-refractivity contribution in [3.63, 3.8) is 0 Å². The average molecular weight is 504 g/mol. The van der Waals surface area contributed by atoms with Crippen molar-refractivity contribution >= 4 is 12.4 Å². The molecule has 0 unspecified atom stereocenters. The Kier molecular flexibility index (Phi) is 9.87. The van der Waals surface area contributed by atoms with E-state index in [0.29, 0.717) is 12.6 Å². The number of hydrogen-bond donors (Lipinski definition) is 2. The molecule has 0 bridgehead atoms. The number of hydrogen-bond acceptors (Lipinski definition) is 5. The fourth-order valence-electron chi connectivity index (χ4n) is 4.43.